The number of aryl methyl sites for hydroxylation is 2. The van der Waals surface area contributed by atoms with Crippen LogP contribution in [0.25, 0.3) is 0 Å². The van der Waals surface area contributed by atoms with E-state index in [1.807, 2.05) is 12.1 Å². The van der Waals surface area contributed by atoms with Gasteiger partial charge < -0.3 is 10.5 Å². The van der Waals surface area contributed by atoms with Gasteiger partial charge in [-0.15, -0.1) is 0 Å². The quantitative estimate of drug-likeness (QED) is 0.892. The van der Waals surface area contributed by atoms with E-state index >= 15 is 0 Å². The Balaban J connectivity index is 2.16. The van der Waals surface area contributed by atoms with Crippen LogP contribution in [0.15, 0.2) is 40.9 Å². The minimum absolute atomic E-state index is 0.590. The molecule has 2 rings (SSSR count). The van der Waals surface area contributed by atoms with Gasteiger partial charge in [-0.1, -0.05) is 39.7 Å². The highest BCUT2D eigenvalue weighted by molar-refractivity contribution is 9.10. The second-order valence-electron chi connectivity index (χ2n) is 5.01. The molecular formula is C17H20BrNO. The molecule has 0 amide bonds. The summed E-state index contributed by atoms with van der Waals surface area (Å²) in [5.41, 5.74) is 10.5. The molecule has 0 aromatic heterocycles. The Morgan fingerprint density at radius 3 is 2.60 bits per heavy atom. The molecule has 0 unspecified atom stereocenters. The monoisotopic (exact) mass is 333 g/mol. The van der Waals surface area contributed by atoms with Crippen molar-refractivity contribution in [2.45, 2.75) is 26.9 Å². The molecule has 0 atom stereocenters. The number of hydrogen-bond donors (Lipinski definition) is 1. The standard InChI is InChI=1S/C17H20BrNO/c1-12-3-4-13(2)15(9-12)11-20-17-6-5-16(18)10-14(17)7-8-19/h3-6,9-10H,7-8,11,19H2,1-2H3. The van der Waals surface area contributed by atoms with Gasteiger partial charge in [0.15, 0.2) is 0 Å². The number of ether oxygens (including phenoxy) is 1. The maximum absolute atomic E-state index is 5.99. The molecule has 0 fully saturated rings. The highest BCUT2D eigenvalue weighted by atomic mass is 79.9. The maximum Gasteiger partial charge on any atom is 0.123 e. The van der Waals surface area contributed by atoms with Crippen LogP contribution in [0.3, 0.4) is 0 Å². The summed E-state index contributed by atoms with van der Waals surface area (Å²) in [6.07, 6.45) is 0.821. The normalized spacial score (nSPS) is 10.6. The fraction of sp³-hybridized carbons (Fsp3) is 0.294. The Morgan fingerprint density at radius 2 is 1.85 bits per heavy atom. The van der Waals surface area contributed by atoms with E-state index < -0.39 is 0 Å². The third-order valence-electron chi connectivity index (χ3n) is 3.32. The zero-order valence-corrected chi connectivity index (χ0v) is 13.5. The largest absolute Gasteiger partial charge is 0.489 e. The summed E-state index contributed by atoms with van der Waals surface area (Å²) in [6.45, 7) is 5.42. The SMILES string of the molecule is Cc1ccc(C)c(COc2ccc(Br)cc2CCN)c1. The third kappa shape index (κ3) is 3.84. The molecule has 0 bridgehead atoms. The Kier molecular flexibility index (Phi) is 5.21. The molecule has 0 aliphatic heterocycles. The van der Waals surface area contributed by atoms with Gasteiger partial charge in [-0.2, -0.15) is 0 Å². The van der Waals surface area contributed by atoms with Crippen molar-refractivity contribution in [2.75, 3.05) is 6.54 Å². The smallest absolute Gasteiger partial charge is 0.123 e. The Bertz CT molecular complexity index is 596. The predicted molar refractivity (Wildman–Crippen MR) is 87.1 cm³/mol. The fourth-order valence-electron chi connectivity index (χ4n) is 2.15. The van der Waals surface area contributed by atoms with Crippen LogP contribution in [-0.2, 0) is 13.0 Å². The first-order chi connectivity index (χ1) is 9.60. The van der Waals surface area contributed by atoms with Crippen molar-refractivity contribution in [3.8, 4) is 5.75 Å². The van der Waals surface area contributed by atoms with Gasteiger partial charge in [-0.05, 0) is 61.7 Å². The summed E-state index contributed by atoms with van der Waals surface area (Å²) in [6, 6.07) is 12.5. The van der Waals surface area contributed by atoms with Crippen LogP contribution in [0.2, 0.25) is 0 Å². The highest BCUT2D eigenvalue weighted by Gasteiger charge is 2.06. The molecule has 20 heavy (non-hydrogen) atoms. The van der Waals surface area contributed by atoms with E-state index in [9.17, 15) is 0 Å². The summed E-state index contributed by atoms with van der Waals surface area (Å²) in [5, 5.41) is 0. The van der Waals surface area contributed by atoms with E-state index in [0.717, 1.165) is 22.2 Å². The maximum atomic E-state index is 5.99. The second kappa shape index (κ2) is 6.91. The van der Waals surface area contributed by atoms with Crippen molar-refractivity contribution in [1.29, 1.82) is 0 Å². The molecule has 0 heterocycles. The first-order valence-electron chi connectivity index (χ1n) is 6.77. The molecule has 0 saturated heterocycles. The van der Waals surface area contributed by atoms with Gasteiger partial charge in [0.2, 0.25) is 0 Å². The van der Waals surface area contributed by atoms with Crippen LogP contribution < -0.4 is 10.5 Å². The molecular weight excluding hydrogens is 314 g/mol. The molecule has 0 radical (unpaired) electrons. The fourth-order valence-corrected chi connectivity index (χ4v) is 2.56. The molecule has 2 aromatic carbocycles. The lowest BCUT2D eigenvalue weighted by molar-refractivity contribution is 0.302. The molecule has 3 heteroatoms. The van der Waals surface area contributed by atoms with Crippen LogP contribution in [0.4, 0.5) is 0 Å². The molecule has 106 valence electrons. The minimum Gasteiger partial charge on any atom is -0.489 e. The van der Waals surface area contributed by atoms with Crippen LogP contribution in [-0.4, -0.2) is 6.54 Å². The number of benzene rings is 2. The number of hydrogen-bond acceptors (Lipinski definition) is 2. The van der Waals surface area contributed by atoms with Crippen molar-refractivity contribution in [1.82, 2.24) is 0 Å². The topological polar surface area (TPSA) is 35.2 Å². The molecule has 2 aromatic rings. The van der Waals surface area contributed by atoms with Crippen molar-refractivity contribution < 1.29 is 4.74 Å². The van der Waals surface area contributed by atoms with Gasteiger partial charge in [0, 0.05) is 4.47 Å². The van der Waals surface area contributed by atoms with Crippen molar-refractivity contribution in [3.63, 3.8) is 0 Å². The molecule has 2 N–H and O–H groups in total. The summed E-state index contributed by atoms with van der Waals surface area (Å²) in [7, 11) is 0. The van der Waals surface area contributed by atoms with E-state index in [-0.39, 0.29) is 0 Å². The first kappa shape index (κ1) is 15.1. The number of rotatable bonds is 5. The highest BCUT2D eigenvalue weighted by Crippen LogP contribution is 2.25. The van der Waals surface area contributed by atoms with E-state index in [2.05, 4.69) is 54.0 Å². The van der Waals surface area contributed by atoms with Gasteiger partial charge in [0.1, 0.15) is 12.4 Å². The van der Waals surface area contributed by atoms with E-state index in [1.165, 1.54) is 16.7 Å². The minimum atomic E-state index is 0.590. The average Bonchev–Trinajstić information content (AvgIpc) is 2.42. The van der Waals surface area contributed by atoms with Gasteiger partial charge in [-0.25, -0.2) is 0 Å². The lowest BCUT2D eigenvalue weighted by atomic mass is 10.1. The van der Waals surface area contributed by atoms with Crippen molar-refractivity contribution in [3.05, 3.63) is 63.1 Å². The predicted octanol–water partition coefficient (Wildman–Crippen LogP) is 4.15. The van der Waals surface area contributed by atoms with Crippen LogP contribution >= 0.6 is 15.9 Å². The third-order valence-corrected chi connectivity index (χ3v) is 3.82. The second-order valence-corrected chi connectivity index (χ2v) is 5.93. The average molecular weight is 334 g/mol. The molecule has 0 aliphatic carbocycles. The zero-order valence-electron chi connectivity index (χ0n) is 11.9. The van der Waals surface area contributed by atoms with Gasteiger partial charge in [0.25, 0.3) is 0 Å². The van der Waals surface area contributed by atoms with Crippen molar-refractivity contribution in [2.24, 2.45) is 5.73 Å². The summed E-state index contributed by atoms with van der Waals surface area (Å²) >= 11 is 3.49. The van der Waals surface area contributed by atoms with E-state index in [0.29, 0.717) is 13.2 Å². The molecule has 2 nitrogen and oxygen atoms in total. The van der Waals surface area contributed by atoms with Crippen LogP contribution in [0.5, 0.6) is 5.75 Å². The van der Waals surface area contributed by atoms with Crippen LogP contribution in [0.1, 0.15) is 22.3 Å². The summed E-state index contributed by atoms with van der Waals surface area (Å²) in [5.74, 6) is 0.916. The number of halogens is 1. The Labute approximate surface area is 129 Å². The lowest BCUT2D eigenvalue weighted by Gasteiger charge is -2.13. The summed E-state index contributed by atoms with van der Waals surface area (Å²) in [4.78, 5) is 0. The molecule has 0 aliphatic rings. The zero-order chi connectivity index (χ0) is 14.5. The summed E-state index contributed by atoms with van der Waals surface area (Å²) < 4.78 is 7.05. The lowest BCUT2D eigenvalue weighted by Crippen LogP contribution is -2.06. The molecule has 0 saturated carbocycles. The Morgan fingerprint density at radius 1 is 1.05 bits per heavy atom. The van der Waals surface area contributed by atoms with Gasteiger partial charge >= 0.3 is 0 Å². The van der Waals surface area contributed by atoms with Gasteiger partial charge in [-0.3, -0.25) is 0 Å². The molecule has 0 spiro atoms. The van der Waals surface area contributed by atoms with Gasteiger partial charge in [0.05, 0.1) is 0 Å². The van der Waals surface area contributed by atoms with E-state index in [1.54, 1.807) is 0 Å². The van der Waals surface area contributed by atoms with Crippen molar-refractivity contribution >= 4 is 15.9 Å². The Hall–Kier alpha value is -1.32. The van der Waals surface area contributed by atoms with E-state index in [4.69, 9.17) is 10.5 Å². The number of nitrogens with two attached hydrogens (primary N) is 1. The van der Waals surface area contributed by atoms with Crippen LogP contribution in [0, 0.1) is 13.8 Å². The first-order valence-corrected chi connectivity index (χ1v) is 7.57.